The molecule has 2 bridgehead atoms. The molecule has 3 aliphatic rings. The predicted molar refractivity (Wildman–Crippen MR) is 146 cm³/mol. The molecule has 6 heteroatoms. The highest BCUT2D eigenvalue weighted by atomic mass is 16.5. The highest BCUT2D eigenvalue weighted by Gasteiger charge is 2.58. The molecule has 0 aromatic heterocycles. The Labute approximate surface area is 225 Å². The summed E-state index contributed by atoms with van der Waals surface area (Å²) in [7, 11) is 3.27. The summed E-state index contributed by atoms with van der Waals surface area (Å²) in [6.45, 7) is 2.79. The van der Waals surface area contributed by atoms with Gasteiger partial charge < -0.3 is 14.2 Å². The molecule has 3 aliphatic heterocycles. The van der Waals surface area contributed by atoms with Gasteiger partial charge in [-0.05, 0) is 35.6 Å². The lowest BCUT2D eigenvalue weighted by atomic mass is 9.83. The molecule has 0 saturated carbocycles. The van der Waals surface area contributed by atoms with Crippen molar-refractivity contribution in [3.63, 3.8) is 0 Å². The molecule has 3 heterocycles. The fraction of sp³-hybridized carbons (Fsp3) is 0.406. The minimum absolute atomic E-state index is 0.0809. The zero-order chi connectivity index (χ0) is 26.1. The van der Waals surface area contributed by atoms with Gasteiger partial charge >= 0.3 is 5.97 Å². The van der Waals surface area contributed by atoms with Crippen molar-refractivity contribution in [1.82, 2.24) is 9.80 Å². The molecule has 0 amide bonds. The lowest BCUT2D eigenvalue weighted by molar-refractivity contribution is -0.148. The molecular weight excluding hydrogens is 476 g/mol. The molecule has 3 aromatic carbocycles. The van der Waals surface area contributed by atoms with Gasteiger partial charge in [-0.15, -0.1) is 0 Å². The van der Waals surface area contributed by atoms with E-state index in [9.17, 15) is 4.79 Å². The van der Waals surface area contributed by atoms with Gasteiger partial charge in [0, 0.05) is 42.8 Å². The number of esters is 1. The van der Waals surface area contributed by atoms with Crippen molar-refractivity contribution in [2.75, 3.05) is 20.8 Å². The number of methoxy groups -OCH3 is 2. The molecule has 3 aromatic rings. The standard InChI is InChI=1S/C32H36N2O4/c1-36-30-15-9-14-24-16-28-31-25(32(35)37-2)17-27(34(31)18-22-10-5-3-6-11-22)29(33(28)19-26(24)30)21-38-20-23-12-7-4-8-13-23/h3-15,25,27-29,31H,16-21H2,1-2H3/t25-,27+,28+,29-,31-/m1/s1. The Morgan fingerprint density at radius 3 is 2.34 bits per heavy atom. The summed E-state index contributed by atoms with van der Waals surface area (Å²) in [5.74, 6) is 0.679. The van der Waals surface area contributed by atoms with E-state index in [1.807, 2.05) is 18.2 Å². The molecule has 0 aliphatic carbocycles. The van der Waals surface area contributed by atoms with E-state index in [2.05, 4.69) is 70.5 Å². The number of benzene rings is 3. The first-order valence-corrected chi connectivity index (χ1v) is 13.6. The van der Waals surface area contributed by atoms with Crippen LogP contribution in [0.3, 0.4) is 0 Å². The van der Waals surface area contributed by atoms with Crippen molar-refractivity contribution in [1.29, 1.82) is 0 Å². The summed E-state index contributed by atoms with van der Waals surface area (Å²) in [6, 6.07) is 27.9. The Morgan fingerprint density at radius 1 is 0.895 bits per heavy atom. The fourth-order valence-corrected chi connectivity index (χ4v) is 7.05. The average molecular weight is 513 g/mol. The normalized spacial score (nSPS) is 26.4. The van der Waals surface area contributed by atoms with Crippen LogP contribution < -0.4 is 4.74 Å². The Morgan fingerprint density at radius 2 is 1.63 bits per heavy atom. The van der Waals surface area contributed by atoms with E-state index in [-0.39, 0.29) is 36.1 Å². The van der Waals surface area contributed by atoms with Crippen molar-refractivity contribution >= 4 is 5.97 Å². The van der Waals surface area contributed by atoms with Crippen LogP contribution in [0.15, 0.2) is 78.9 Å². The van der Waals surface area contributed by atoms with Gasteiger partial charge in [-0.25, -0.2) is 0 Å². The van der Waals surface area contributed by atoms with E-state index < -0.39 is 0 Å². The number of carbonyl (C=O) groups is 1. The summed E-state index contributed by atoms with van der Waals surface area (Å²) in [5, 5.41) is 0. The van der Waals surface area contributed by atoms with Crippen LogP contribution in [0.4, 0.5) is 0 Å². The summed E-state index contributed by atoms with van der Waals surface area (Å²) in [6.07, 6.45) is 1.65. The number of ether oxygens (including phenoxy) is 3. The molecule has 0 radical (unpaired) electrons. The summed E-state index contributed by atoms with van der Waals surface area (Å²) in [4.78, 5) is 18.4. The molecule has 6 rings (SSSR count). The third-order valence-electron chi connectivity index (χ3n) is 8.74. The number of hydrogen-bond donors (Lipinski definition) is 0. The zero-order valence-corrected chi connectivity index (χ0v) is 22.2. The molecule has 38 heavy (non-hydrogen) atoms. The second-order valence-corrected chi connectivity index (χ2v) is 10.7. The second-order valence-electron chi connectivity index (χ2n) is 10.7. The van der Waals surface area contributed by atoms with Crippen molar-refractivity contribution in [3.05, 3.63) is 101 Å². The number of nitrogens with zero attached hydrogens (tertiary/aromatic N) is 2. The van der Waals surface area contributed by atoms with Crippen LogP contribution in [-0.2, 0) is 40.4 Å². The number of carbonyl (C=O) groups excluding carboxylic acids is 1. The summed E-state index contributed by atoms with van der Waals surface area (Å²) < 4.78 is 17.5. The predicted octanol–water partition coefficient (Wildman–Crippen LogP) is 4.45. The lowest BCUT2D eigenvalue weighted by Gasteiger charge is -2.54. The summed E-state index contributed by atoms with van der Waals surface area (Å²) in [5.41, 5.74) is 5.00. The first-order chi connectivity index (χ1) is 18.7. The highest BCUT2D eigenvalue weighted by molar-refractivity contribution is 5.74. The van der Waals surface area contributed by atoms with E-state index in [1.165, 1.54) is 29.4 Å². The first-order valence-electron chi connectivity index (χ1n) is 13.6. The van der Waals surface area contributed by atoms with Crippen LogP contribution in [0.1, 0.15) is 28.7 Å². The number of rotatable bonds is 8. The van der Waals surface area contributed by atoms with Gasteiger partial charge in [0.2, 0.25) is 0 Å². The first kappa shape index (κ1) is 25.1. The lowest BCUT2D eigenvalue weighted by Crippen LogP contribution is -2.67. The SMILES string of the molecule is COC(=O)[C@@H]1C[C@H]2[C@@H](COCc3ccccc3)N3Cc4c(cccc4OC)C[C@H]3[C@@H]1N2Cc1ccccc1. The molecule has 2 fully saturated rings. The topological polar surface area (TPSA) is 51.2 Å². The van der Waals surface area contributed by atoms with Gasteiger partial charge in [0.25, 0.3) is 0 Å². The van der Waals surface area contributed by atoms with Crippen LogP contribution in [0.2, 0.25) is 0 Å². The molecule has 0 unspecified atom stereocenters. The van der Waals surface area contributed by atoms with Crippen molar-refractivity contribution in [3.8, 4) is 5.75 Å². The molecule has 198 valence electrons. The third-order valence-corrected chi connectivity index (χ3v) is 8.74. The Hall–Kier alpha value is -3.19. The Kier molecular flexibility index (Phi) is 7.20. The quantitative estimate of drug-likeness (QED) is 0.416. The molecule has 0 spiro atoms. The van der Waals surface area contributed by atoms with Gasteiger partial charge in [0.15, 0.2) is 0 Å². The van der Waals surface area contributed by atoms with E-state index in [4.69, 9.17) is 14.2 Å². The molecule has 0 N–H and O–H groups in total. The Balaban J connectivity index is 1.36. The molecular formula is C32H36N2O4. The van der Waals surface area contributed by atoms with Gasteiger partial charge in [0.05, 0.1) is 33.4 Å². The maximum Gasteiger partial charge on any atom is 0.310 e. The van der Waals surface area contributed by atoms with Crippen LogP contribution in [-0.4, -0.2) is 60.8 Å². The van der Waals surface area contributed by atoms with Crippen LogP contribution in [0.5, 0.6) is 5.75 Å². The van der Waals surface area contributed by atoms with E-state index in [0.717, 1.165) is 31.7 Å². The maximum absolute atomic E-state index is 13.2. The van der Waals surface area contributed by atoms with Crippen LogP contribution in [0.25, 0.3) is 0 Å². The van der Waals surface area contributed by atoms with Crippen LogP contribution >= 0.6 is 0 Å². The Bertz CT molecular complexity index is 1250. The monoisotopic (exact) mass is 512 g/mol. The fourth-order valence-electron chi connectivity index (χ4n) is 7.05. The highest BCUT2D eigenvalue weighted by Crippen LogP contribution is 2.47. The van der Waals surface area contributed by atoms with E-state index in [0.29, 0.717) is 13.2 Å². The number of hydrogen-bond acceptors (Lipinski definition) is 6. The molecule has 6 nitrogen and oxygen atoms in total. The van der Waals surface area contributed by atoms with Gasteiger partial charge in [-0.2, -0.15) is 0 Å². The zero-order valence-electron chi connectivity index (χ0n) is 22.2. The molecule has 5 atom stereocenters. The maximum atomic E-state index is 13.2. The van der Waals surface area contributed by atoms with Gasteiger partial charge in [-0.3, -0.25) is 14.6 Å². The summed E-state index contributed by atoms with van der Waals surface area (Å²) >= 11 is 0. The minimum Gasteiger partial charge on any atom is -0.496 e. The van der Waals surface area contributed by atoms with Crippen molar-refractivity contribution in [2.24, 2.45) is 5.92 Å². The van der Waals surface area contributed by atoms with Crippen molar-refractivity contribution < 1.29 is 19.0 Å². The number of fused-ring (bicyclic) bond motifs is 5. The third kappa shape index (κ3) is 4.62. The van der Waals surface area contributed by atoms with E-state index >= 15 is 0 Å². The van der Waals surface area contributed by atoms with Crippen LogP contribution in [0, 0.1) is 5.92 Å². The average Bonchev–Trinajstić information content (AvgIpc) is 3.26. The second kappa shape index (κ2) is 10.9. The van der Waals surface area contributed by atoms with Gasteiger partial charge in [-0.1, -0.05) is 72.8 Å². The largest absolute Gasteiger partial charge is 0.496 e. The van der Waals surface area contributed by atoms with Gasteiger partial charge in [0.1, 0.15) is 5.75 Å². The minimum atomic E-state index is -0.160. The number of piperazine rings is 1. The van der Waals surface area contributed by atoms with E-state index in [1.54, 1.807) is 7.11 Å². The van der Waals surface area contributed by atoms with Crippen molar-refractivity contribution in [2.45, 2.75) is 56.7 Å². The smallest absolute Gasteiger partial charge is 0.310 e. The molecule has 2 saturated heterocycles.